The minimum atomic E-state index is 0.240. The fourth-order valence-corrected chi connectivity index (χ4v) is 3.13. The average molecular weight is 329 g/mol. The molecule has 0 bridgehead atoms. The van der Waals surface area contributed by atoms with Crippen LogP contribution in [0.3, 0.4) is 0 Å². The zero-order chi connectivity index (χ0) is 15.9. The highest BCUT2D eigenvalue weighted by Crippen LogP contribution is 2.24. The molecule has 0 spiro atoms. The van der Waals surface area contributed by atoms with E-state index in [0.29, 0.717) is 5.11 Å². The van der Waals surface area contributed by atoms with Crippen molar-refractivity contribution in [1.82, 2.24) is 15.5 Å². The number of likely N-dealkylation sites (tertiary alicyclic amines) is 1. The number of hydrogen-bond donors (Lipinski definition) is 2. The highest BCUT2D eigenvalue weighted by Gasteiger charge is 2.25. The van der Waals surface area contributed by atoms with E-state index in [-0.39, 0.29) is 6.04 Å². The van der Waals surface area contributed by atoms with Gasteiger partial charge in [0.15, 0.2) is 5.11 Å². The van der Waals surface area contributed by atoms with Gasteiger partial charge in [0.2, 0.25) is 0 Å². The van der Waals surface area contributed by atoms with E-state index in [0.717, 1.165) is 31.9 Å². The summed E-state index contributed by atoms with van der Waals surface area (Å²) in [7, 11) is 0. The van der Waals surface area contributed by atoms with Gasteiger partial charge in [-0.15, -0.1) is 0 Å². The van der Waals surface area contributed by atoms with Crippen molar-refractivity contribution in [1.29, 1.82) is 0 Å². The van der Waals surface area contributed by atoms with Gasteiger partial charge in [0.1, 0.15) is 5.76 Å². The highest BCUT2D eigenvalue weighted by atomic mass is 32.1. The zero-order valence-electron chi connectivity index (χ0n) is 13.2. The van der Waals surface area contributed by atoms with E-state index in [2.05, 4.69) is 27.7 Å². The molecule has 1 fully saturated rings. The van der Waals surface area contributed by atoms with Crippen LogP contribution in [0.25, 0.3) is 0 Å². The van der Waals surface area contributed by atoms with Gasteiger partial charge in [-0.2, -0.15) is 0 Å². The molecule has 2 aromatic rings. The van der Waals surface area contributed by atoms with E-state index in [1.165, 1.54) is 18.4 Å². The number of hydrogen-bond acceptors (Lipinski definition) is 3. The molecule has 1 unspecified atom stereocenters. The Balaban J connectivity index is 1.51. The van der Waals surface area contributed by atoms with Crippen molar-refractivity contribution in [2.75, 3.05) is 19.6 Å². The molecule has 1 aromatic carbocycles. The Morgan fingerprint density at radius 2 is 1.87 bits per heavy atom. The van der Waals surface area contributed by atoms with Gasteiger partial charge < -0.3 is 15.1 Å². The van der Waals surface area contributed by atoms with Gasteiger partial charge >= 0.3 is 0 Å². The second-order valence-corrected chi connectivity index (χ2v) is 6.23. The van der Waals surface area contributed by atoms with Crippen LogP contribution in [0, 0.1) is 0 Å². The lowest BCUT2D eigenvalue weighted by Gasteiger charge is -2.26. The fourth-order valence-electron chi connectivity index (χ4n) is 2.97. The molecule has 1 aliphatic rings. The maximum absolute atomic E-state index is 5.62. The van der Waals surface area contributed by atoms with E-state index < -0.39 is 0 Å². The zero-order valence-corrected chi connectivity index (χ0v) is 14.0. The largest absolute Gasteiger partial charge is 0.468 e. The van der Waals surface area contributed by atoms with Crippen molar-refractivity contribution in [3.8, 4) is 0 Å². The first kappa shape index (κ1) is 16.0. The lowest BCUT2D eigenvalue weighted by molar-refractivity contribution is 0.215. The number of nitrogens with zero attached hydrogens (tertiary/aromatic N) is 1. The number of rotatable bonds is 6. The van der Waals surface area contributed by atoms with E-state index in [9.17, 15) is 0 Å². The third kappa shape index (κ3) is 4.56. The van der Waals surface area contributed by atoms with Gasteiger partial charge in [-0.3, -0.25) is 4.90 Å². The van der Waals surface area contributed by atoms with Crippen LogP contribution in [0.15, 0.2) is 53.1 Å². The summed E-state index contributed by atoms with van der Waals surface area (Å²) in [6.45, 7) is 3.74. The van der Waals surface area contributed by atoms with E-state index in [1.54, 1.807) is 6.26 Å². The standard InChI is InChI=1S/C18H23N3OS/c23-18(19-13-15-7-2-1-3-8-15)20-14-16(17-9-6-12-22-17)21-10-4-5-11-21/h1-3,6-9,12,16H,4-5,10-11,13-14H2,(H2,19,20,23). The van der Waals surface area contributed by atoms with Gasteiger partial charge in [-0.05, 0) is 55.8 Å². The molecular formula is C18H23N3OS. The van der Waals surface area contributed by atoms with Crippen LogP contribution in [0.1, 0.15) is 30.2 Å². The summed E-state index contributed by atoms with van der Waals surface area (Å²) < 4.78 is 5.62. The lowest BCUT2D eigenvalue weighted by atomic mass is 10.2. The summed E-state index contributed by atoms with van der Waals surface area (Å²) in [5.74, 6) is 1.00. The smallest absolute Gasteiger partial charge is 0.166 e. The summed E-state index contributed by atoms with van der Waals surface area (Å²) in [5.41, 5.74) is 1.22. The molecule has 0 amide bonds. The monoisotopic (exact) mass is 329 g/mol. The van der Waals surface area contributed by atoms with Crippen LogP contribution >= 0.6 is 12.2 Å². The number of thiocarbonyl (C=S) groups is 1. The van der Waals surface area contributed by atoms with E-state index >= 15 is 0 Å². The van der Waals surface area contributed by atoms with Gasteiger partial charge in [0, 0.05) is 13.1 Å². The molecule has 0 aliphatic carbocycles. The van der Waals surface area contributed by atoms with Crippen molar-refractivity contribution in [3.05, 3.63) is 60.1 Å². The molecule has 2 N–H and O–H groups in total. The quantitative estimate of drug-likeness (QED) is 0.797. The third-order valence-corrected chi connectivity index (χ3v) is 4.49. The van der Waals surface area contributed by atoms with Crippen molar-refractivity contribution in [2.45, 2.75) is 25.4 Å². The van der Waals surface area contributed by atoms with Crippen molar-refractivity contribution < 1.29 is 4.42 Å². The fraction of sp³-hybridized carbons (Fsp3) is 0.389. The molecule has 0 radical (unpaired) electrons. The van der Waals surface area contributed by atoms with Crippen molar-refractivity contribution in [3.63, 3.8) is 0 Å². The first-order valence-electron chi connectivity index (χ1n) is 8.16. The molecule has 1 aromatic heterocycles. The van der Waals surface area contributed by atoms with E-state index in [4.69, 9.17) is 16.6 Å². The first-order valence-corrected chi connectivity index (χ1v) is 8.57. The van der Waals surface area contributed by atoms with Crippen LogP contribution < -0.4 is 10.6 Å². The lowest BCUT2D eigenvalue weighted by Crippen LogP contribution is -2.41. The maximum atomic E-state index is 5.62. The minimum absolute atomic E-state index is 0.240. The van der Waals surface area contributed by atoms with E-state index in [1.807, 2.05) is 30.3 Å². The van der Waals surface area contributed by atoms with Crippen LogP contribution in [0.2, 0.25) is 0 Å². The highest BCUT2D eigenvalue weighted by molar-refractivity contribution is 7.80. The van der Waals surface area contributed by atoms with Crippen LogP contribution in [0.5, 0.6) is 0 Å². The number of benzene rings is 1. The Bertz CT molecular complexity index is 594. The van der Waals surface area contributed by atoms with Crippen molar-refractivity contribution in [2.24, 2.45) is 0 Å². The Kier molecular flexibility index (Phi) is 5.66. The molecule has 1 saturated heterocycles. The maximum Gasteiger partial charge on any atom is 0.166 e. The summed E-state index contributed by atoms with van der Waals surface area (Å²) >= 11 is 5.40. The van der Waals surface area contributed by atoms with Crippen molar-refractivity contribution >= 4 is 17.3 Å². The Labute approximate surface area is 142 Å². The molecule has 1 atom stereocenters. The SMILES string of the molecule is S=C(NCc1ccccc1)NCC(c1ccco1)N1CCCC1. The molecule has 2 heterocycles. The summed E-state index contributed by atoms with van der Waals surface area (Å²) in [6, 6.07) is 14.5. The summed E-state index contributed by atoms with van der Waals surface area (Å²) in [4.78, 5) is 2.46. The molecule has 0 saturated carbocycles. The van der Waals surface area contributed by atoms with Gasteiger partial charge in [-0.1, -0.05) is 30.3 Å². The molecule has 3 rings (SSSR count). The molecule has 1 aliphatic heterocycles. The summed E-state index contributed by atoms with van der Waals surface area (Å²) in [5, 5.41) is 7.28. The van der Waals surface area contributed by atoms with Crippen LogP contribution in [0.4, 0.5) is 0 Å². The topological polar surface area (TPSA) is 40.4 Å². The minimum Gasteiger partial charge on any atom is -0.468 e. The molecular weight excluding hydrogens is 306 g/mol. The first-order chi connectivity index (χ1) is 11.3. The second-order valence-electron chi connectivity index (χ2n) is 5.82. The summed E-state index contributed by atoms with van der Waals surface area (Å²) in [6.07, 6.45) is 4.26. The predicted molar refractivity (Wildman–Crippen MR) is 96.1 cm³/mol. The normalized spacial score (nSPS) is 16.2. The Hall–Kier alpha value is -1.85. The van der Waals surface area contributed by atoms with Gasteiger partial charge in [0.25, 0.3) is 0 Å². The third-order valence-electron chi connectivity index (χ3n) is 4.20. The predicted octanol–water partition coefficient (Wildman–Crippen LogP) is 3.08. The molecule has 5 heteroatoms. The van der Waals surface area contributed by atoms with Crippen LogP contribution in [-0.4, -0.2) is 29.6 Å². The number of nitrogens with one attached hydrogen (secondary N) is 2. The molecule has 4 nitrogen and oxygen atoms in total. The Morgan fingerprint density at radius 3 is 2.57 bits per heavy atom. The average Bonchev–Trinajstić information content (AvgIpc) is 3.28. The second kappa shape index (κ2) is 8.13. The number of furan rings is 1. The van der Waals surface area contributed by atoms with Gasteiger partial charge in [-0.25, -0.2) is 0 Å². The van der Waals surface area contributed by atoms with Gasteiger partial charge in [0.05, 0.1) is 12.3 Å². The molecule has 23 heavy (non-hydrogen) atoms. The molecule has 122 valence electrons. The Morgan fingerprint density at radius 1 is 1.09 bits per heavy atom. The van der Waals surface area contributed by atoms with Crippen LogP contribution in [-0.2, 0) is 6.54 Å².